The summed E-state index contributed by atoms with van der Waals surface area (Å²) < 4.78 is 1.62. The molecule has 0 radical (unpaired) electrons. The summed E-state index contributed by atoms with van der Waals surface area (Å²) in [5.41, 5.74) is 6.65. The Hall–Kier alpha value is -3.00. The number of carbonyl (C=O) groups excluding carboxylic acids is 2. The Morgan fingerprint density at radius 3 is 2.41 bits per heavy atom. The minimum atomic E-state index is -0.541. The van der Waals surface area contributed by atoms with Crippen LogP contribution in [-0.2, 0) is 0 Å². The van der Waals surface area contributed by atoms with Crippen molar-refractivity contribution in [3.63, 3.8) is 0 Å². The second-order valence-electron chi connectivity index (χ2n) is 4.37. The minimum Gasteiger partial charge on any atom is -0.365 e. The van der Waals surface area contributed by atoms with E-state index < -0.39 is 5.91 Å². The quantitative estimate of drug-likeness (QED) is 0.764. The highest BCUT2D eigenvalue weighted by molar-refractivity contribution is 7.16. The fourth-order valence-corrected chi connectivity index (χ4v) is 2.58. The van der Waals surface area contributed by atoms with Crippen molar-refractivity contribution in [1.82, 2.24) is 14.8 Å². The van der Waals surface area contributed by atoms with Gasteiger partial charge >= 0.3 is 0 Å². The number of carbonyl (C=O) groups is 2. The zero-order chi connectivity index (χ0) is 15.5. The third-order valence-corrected chi connectivity index (χ3v) is 3.98. The van der Waals surface area contributed by atoms with E-state index in [9.17, 15) is 9.59 Å². The van der Waals surface area contributed by atoms with Crippen molar-refractivity contribution < 1.29 is 9.59 Å². The van der Waals surface area contributed by atoms with Crippen LogP contribution in [0.2, 0.25) is 0 Å². The molecule has 0 saturated heterocycles. The van der Waals surface area contributed by atoms with Gasteiger partial charge in [-0.15, -0.1) is 11.3 Å². The lowest BCUT2D eigenvalue weighted by Crippen LogP contribution is -2.10. The van der Waals surface area contributed by atoms with Crippen LogP contribution in [0.4, 0.5) is 5.69 Å². The Bertz CT molecular complexity index is 808. The molecule has 0 spiro atoms. The number of benzene rings is 1. The van der Waals surface area contributed by atoms with Gasteiger partial charge in [0.2, 0.25) is 0 Å². The van der Waals surface area contributed by atoms with Crippen molar-refractivity contribution >= 4 is 28.8 Å². The number of hydrogen-bond acceptors (Lipinski definition) is 5. The van der Waals surface area contributed by atoms with Gasteiger partial charge in [-0.2, -0.15) is 5.10 Å². The van der Waals surface area contributed by atoms with E-state index in [2.05, 4.69) is 15.4 Å². The molecule has 3 rings (SSSR count). The molecule has 22 heavy (non-hydrogen) atoms. The summed E-state index contributed by atoms with van der Waals surface area (Å²) in [6, 6.07) is 10.3. The first-order valence-electron chi connectivity index (χ1n) is 6.29. The molecule has 0 atom stereocenters. The smallest absolute Gasteiger partial charge is 0.265 e. The molecule has 110 valence electrons. The summed E-state index contributed by atoms with van der Waals surface area (Å²) in [5.74, 6) is -0.827. The Morgan fingerprint density at radius 1 is 1.09 bits per heavy atom. The fraction of sp³-hybridized carbons (Fsp3) is 0. The lowest BCUT2D eigenvalue weighted by molar-refractivity contribution is 0.100. The van der Waals surface area contributed by atoms with E-state index in [-0.39, 0.29) is 5.91 Å². The maximum atomic E-state index is 12.1. The van der Waals surface area contributed by atoms with Gasteiger partial charge in [0.25, 0.3) is 11.8 Å². The highest BCUT2D eigenvalue weighted by Crippen LogP contribution is 2.18. The molecule has 3 N–H and O–H groups in total. The largest absolute Gasteiger partial charge is 0.365 e. The molecular formula is C14H11N5O2S. The van der Waals surface area contributed by atoms with Crippen LogP contribution in [0.1, 0.15) is 19.3 Å². The van der Waals surface area contributed by atoms with Crippen molar-refractivity contribution in [3.05, 3.63) is 58.8 Å². The standard InChI is InChI=1S/C14H11N5O2S/c15-13(20)11-5-6-12(22-11)14(21)18-9-1-3-10(4-2-9)19-8-16-7-17-19/h1-8H,(H2,15,20)(H,18,21). The van der Waals surface area contributed by atoms with E-state index in [1.54, 1.807) is 29.2 Å². The third-order valence-electron chi connectivity index (χ3n) is 2.88. The predicted octanol–water partition coefficient (Wildman–Crippen LogP) is 1.68. The first-order chi connectivity index (χ1) is 10.6. The molecule has 0 aliphatic rings. The summed E-state index contributed by atoms with van der Waals surface area (Å²) in [7, 11) is 0. The van der Waals surface area contributed by atoms with Crippen molar-refractivity contribution in [2.75, 3.05) is 5.32 Å². The van der Waals surface area contributed by atoms with Gasteiger partial charge in [-0.1, -0.05) is 0 Å². The summed E-state index contributed by atoms with van der Waals surface area (Å²) in [6.45, 7) is 0. The van der Waals surface area contributed by atoms with Crippen LogP contribution in [-0.4, -0.2) is 26.6 Å². The first-order valence-corrected chi connectivity index (χ1v) is 7.11. The van der Waals surface area contributed by atoms with E-state index in [0.29, 0.717) is 15.4 Å². The summed E-state index contributed by atoms with van der Waals surface area (Å²) >= 11 is 1.06. The number of nitrogens with two attached hydrogens (primary N) is 1. The lowest BCUT2D eigenvalue weighted by Gasteiger charge is -2.05. The van der Waals surface area contributed by atoms with Gasteiger partial charge in [-0.05, 0) is 36.4 Å². The Labute approximate surface area is 129 Å². The number of hydrogen-bond donors (Lipinski definition) is 2. The molecule has 2 aromatic heterocycles. The number of aromatic nitrogens is 3. The Morgan fingerprint density at radius 2 is 1.82 bits per heavy atom. The topological polar surface area (TPSA) is 103 Å². The van der Waals surface area contributed by atoms with Crippen LogP contribution in [0, 0.1) is 0 Å². The average molecular weight is 313 g/mol. The Kier molecular flexibility index (Phi) is 3.67. The molecule has 0 saturated carbocycles. The summed E-state index contributed by atoms with van der Waals surface area (Å²) in [6.07, 6.45) is 3.04. The number of nitrogens with one attached hydrogen (secondary N) is 1. The number of primary amides is 1. The van der Waals surface area contributed by atoms with Crippen LogP contribution in [0.5, 0.6) is 0 Å². The van der Waals surface area contributed by atoms with E-state index >= 15 is 0 Å². The van der Waals surface area contributed by atoms with Crippen LogP contribution >= 0.6 is 11.3 Å². The predicted molar refractivity (Wildman–Crippen MR) is 82.1 cm³/mol. The number of rotatable bonds is 4. The zero-order valence-corrected chi connectivity index (χ0v) is 12.1. The molecule has 3 aromatic rings. The highest BCUT2D eigenvalue weighted by Gasteiger charge is 2.12. The first kappa shape index (κ1) is 14.0. The van der Waals surface area contributed by atoms with E-state index in [4.69, 9.17) is 5.73 Å². The summed E-state index contributed by atoms with van der Waals surface area (Å²) in [4.78, 5) is 27.8. The molecule has 0 aliphatic heterocycles. The zero-order valence-electron chi connectivity index (χ0n) is 11.3. The van der Waals surface area contributed by atoms with Gasteiger partial charge in [0, 0.05) is 5.69 Å². The second-order valence-corrected chi connectivity index (χ2v) is 5.45. The molecule has 2 amide bonds. The van der Waals surface area contributed by atoms with Crippen molar-refractivity contribution in [2.45, 2.75) is 0 Å². The number of anilines is 1. The normalized spacial score (nSPS) is 10.4. The minimum absolute atomic E-state index is 0.286. The van der Waals surface area contributed by atoms with Gasteiger partial charge in [0.15, 0.2) is 0 Å². The summed E-state index contributed by atoms with van der Waals surface area (Å²) in [5, 5.41) is 6.78. The monoisotopic (exact) mass is 313 g/mol. The maximum Gasteiger partial charge on any atom is 0.265 e. The molecule has 0 fully saturated rings. The van der Waals surface area contributed by atoms with Gasteiger partial charge < -0.3 is 11.1 Å². The van der Waals surface area contributed by atoms with Crippen LogP contribution in [0.15, 0.2) is 49.1 Å². The average Bonchev–Trinajstić information content (AvgIpc) is 3.20. The molecule has 7 nitrogen and oxygen atoms in total. The van der Waals surface area contributed by atoms with Gasteiger partial charge in [0.1, 0.15) is 12.7 Å². The van der Waals surface area contributed by atoms with Crippen molar-refractivity contribution in [2.24, 2.45) is 5.73 Å². The lowest BCUT2D eigenvalue weighted by atomic mass is 10.2. The number of thiophene rings is 1. The molecule has 1 aromatic carbocycles. The Balaban J connectivity index is 1.72. The van der Waals surface area contributed by atoms with Gasteiger partial charge in [0.05, 0.1) is 15.4 Å². The second kappa shape index (κ2) is 5.78. The van der Waals surface area contributed by atoms with E-state index in [1.165, 1.54) is 12.4 Å². The van der Waals surface area contributed by atoms with E-state index in [0.717, 1.165) is 17.0 Å². The highest BCUT2D eigenvalue weighted by atomic mass is 32.1. The van der Waals surface area contributed by atoms with Crippen LogP contribution in [0.3, 0.4) is 0 Å². The van der Waals surface area contributed by atoms with Gasteiger partial charge in [-0.25, -0.2) is 9.67 Å². The SMILES string of the molecule is NC(=O)c1ccc(C(=O)Nc2ccc(-n3cncn3)cc2)s1. The third kappa shape index (κ3) is 2.86. The maximum absolute atomic E-state index is 12.1. The van der Waals surface area contributed by atoms with Crippen molar-refractivity contribution in [1.29, 1.82) is 0 Å². The molecule has 0 unspecified atom stereocenters. The van der Waals surface area contributed by atoms with E-state index in [1.807, 2.05) is 12.1 Å². The molecule has 2 heterocycles. The fourth-order valence-electron chi connectivity index (χ4n) is 1.82. The van der Waals surface area contributed by atoms with Crippen LogP contribution in [0.25, 0.3) is 5.69 Å². The molecular weight excluding hydrogens is 302 g/mol. The number of amides is 2. The molecule has 0 aliphatic carbocycles. The van der Waals surface area contributed by atoms with Gasteiger partial charge in [-0.3, -0.25) is 9.59 Å². The van der Waals surface area contributed by atoms with Crippen LogP contribution < -0.4 is 11.1 Å². The number of nitrogens with zero attached hydrogens (tertiary/aromatic N) is 3. The molecule has 0 bridgehead atoms. The van der Waals surface area contributed by atoms with Crippen molar-refractivity contribution in [3.8, 4) is 5.69 Å². The molecule has 8 heteroatoms.